The normalized spacial score (nSPS) is 12.7. The molecule has 6 aromatic carbocycles. The fraction of sp³-hybridized carbons (Fsp3) is 0.0222. The van der Waals surface area contributed by atoms with Gasteiger partial charge in [-0.2, -0.15) is 21.0 Å². The Bertz CT molecular complexity index is 2380. The van der Waals surface area contributed by atoms with Gasteiger partial charge in [-0.05, 0) is 106 Å². The minimum absolute atomic E-state index is 0.00721. The first-order chi connectivity index (χ1) is 25.1. The first-order valence-electron chi connectivity index (χ1n) is 16.3. The highest BCUT2D eigenvalue weighted by atomic mass is 15.2. The van der Waals surface area contributed by atoms with E-state index in [0.717, 1.165) is 67.5 Å². The second kappa shape index (κ2) is 12.4. The van der Waals surface area contributed by atoms with Crippen molar-refractivity contribution in [2.75, 3.05) is 9.80 Å². The van der Waals surface area contributed by atoms with Crippen LogP contribution in [0.4, 0.5) is 34.1 Å². The van der Waals surface area contributed by atoms with Gasteiger partial charge in [-0.3, -0.25) is 0 Å². The second-order valence-corrected chi connectivity index (χ2v) is 12.2. The number of rotatable bonds is 4. The molecule has 6 aromatic rings. The van der Waals surface area contributed by atoms with Gasteiger partial charge in [-0.1, -0.05) is 84.9 Å². The molecular weight excluding hydrogens is 625 g/mol. The topological polar surface area (TPSA) is 102 Å². The summed E-state index contributed by atoms with van der Waals surface area (Å²) in [4.78, 5) is 4.52. The number of anilines is 6. The van der Waals surface area contributed by atoms with E-state index in [4.69, 9.17) is 0 Å². The van der Waals surface area contributed by atoms with Crippen LogP contribution in [0.1, 0.15) is 33.4 Å². The van der Waals surface area contributed by atoms with Gasteiger partial charge in [0.15, 0.2) is 0 Å². The van der Waals surface area contributed by atoms with Crippen molar-refractivity contribution in [2.45, 2.75) is 5.41 Å². The van der Waals surface area contributed by atoms with E-state index >= 15 is 0 Å². The van der Waals surface area contributed by atoms with Crippen LogP contribution in [0.15, 0.2) is 157 Å². The molecule has 0 aliphatic carbocycles. The minimum Gasteiger partial charge on any atom is -0.310 e. The number of fused-ring (bicyclic) bond motifs is 8. The third-order valence-electron chi connectivity index (χ3n) is 9.56. The van der Waals surface area contributed by atoms with Gasteiger partial charge in [0, 0.05) is 11.4 Å². The van der Waals surface area contributed by atoms with Crippen molar-refractivity contribution in [2.24, 2.45) is 0 Å². The van der Waals surface area contributed by atoms with Gasteiger partial charge in [0.1, 0.15) is 35.4 Å². The highest BCUT2D eigenvalue weighted by Gasteiger charge is 2.52. The molecule has 8 rings (SSSR count). The molecule has 0 fully saturated rings. The summed E-state index contributed by atoms with van der Waals surface area (Å²) in [7, 11) is 0. The maximum atomic E-state index is 9.72. The zero-order chi connectivity index (χ0) is 35.0. The average molecular weight is 651 g/mol. The molecule has 0 radical (unpaired) electrons. The summed E-state index contributed by atoms with van der Waals surface area (Å²) in [5, 5.41) is 38.9. The van der Waals surface area contributed by atoms with E-state index in [0.29, 0.717) is 0 Å². The predicted molar refractivity (Wildman–Crippen MR) is 200 cm³/mol. The van der Waals surface area contributed by atoms with Crippen molar-refractivity contribution in [3.63, 3.8) is 0 Å². The third-order valence-corrected chi connectivity index (χ3v) is 9.56. The largest absolute Gasteiger partial charge is 0.310 e. The Hall–Kier alpha value is -7.64. The van der Waals surface area contributed by atoms with Crippen molar-refractivity contribution >= 4 is 46.3 Å². The van der Waals surface area contributed by atoms with E-state index in [1.807, 2.05) is 84.9 Å². The monoisotopic (exact) mass is 650 g/mol. The molecule has 0 saturated carbocycles. The quantitative estimate of drug-likeness (QED) is 0.176. The molecule has 0 unspecified atom stereocenters. The molecule has 2 aliphatic rings. The fourth-order valence-corrected chi connectivity index (χ4v) is 7.60. The highest BCUT2D eigenvalue weighted by molar-refractivity contribution is 5.97. The first-order valence-corrected chi connectivity index (χ1v) is 16.3. The zero-order valence-electron chi connectivity index (χ0n) is 27.2. The SMILES string of the molecule is N#CC(C#N)=Cc1ccc2c(c1)C1(c3ccccc3N2c2ccccc2)c2ccccc2N(c2ccccc2)c2ccc(C=C(C#N)C#N)cc21. The maximum Gasteiger partial charge on any atom is 0.130 e. The van der Waals surface area contributed by atoms with Crippen LogP contribution in [0.2, 0.25) is 0 Å². The van der Waals surface area contributed by atoms with Crippen LogP contribution >= 0.6 is 0 Å². The highest BCUT2D eigenvalue weighted by Crippen LogP contribution is 2.64. The van der Waals surface area contributed by atoms with Crippen LogP contribution in [0, 0.1) is 45.3 Å². The lowest BCUT2D eigenvalue weighted by molar-refractivity contribution is 0.718. The summed E-state index contributed by atoms with van der Waals surface area (Å²) in [6.45, 7) is 0. The van der Waals surface area contributed by atoms with Gasteiger partial charge in [0.05, 0.1) is 28.2 Å². The van der Waals surface area contributed by atoms with Crippen LogP contribution in [0.25, 0.3) is 12.2 Å². The lowest BCUT2D eigenvalue weighted by Gasteiger charge is -2.51. The molecule has 0 atom stereocenters. The van der Waals surface area contributed by atoms with Crippen LogP contribution < -0.4 is 9.80 Å². The second-order valence-electron chi connectivity index (χ2n) is 12.2. The van der Waals surface area contributed by atoms with Crippen molar-refractivity contribution in [3.8, 4) is 24.3 Å². The summed E-state index contributed by atoms with van der Waals surface area (Å²) in [5.41, 5.74) is 10.4. The molecule has 236 valence electrons. The summed E-state index contributed by atoms with van der Waals surface area (Å²) >= 11 is 0. The smallest absolute Gasteiger partial charge is 0.130 e. The van der Waals surface area contributed by atoms with E-state index in [-0.39, 0.29) is 11.1 Å². The Kier molecular flexibility index (Phi) is 7.48. The number of nitrogens with zero attached hydrogens (tertiary/aromatic N) is 6. The minimum atomic E-state index is -0.916. The van der Waals surface area contributed by atoms with Crippen LogP contribution in [-0.2, 0) is 5.41 Å². The molecule has 0 saturated heterocycles. The molecule has 6 heteroatoms. The molecular formula is C45H26N6. The van der Waals surface area contributed by atoms with Gasteiger partial charge in [-0.15, -0.1) is 0 Å². The number of hydrogen-bond acceptors (Lipinski definition) is 6. The number of nitriles is 4. The summed E-state index contributed by atoms with van der Waals surface area (Å²) < 4.78 is 0. The van der Waals surface area contributed by atoms with Crippen LogP contribution in [-0.4, -0.2) is 0 Å². The van der Waals surface area contributed by atoms with E-state index in [1.165, 1.54) is 0 Å². The lowest BCUT2D eigenvalue weighted by atomic mass is 9.59. The molecule has 2 aliphatic heterocycles. The van der Waals surface area contributed by atoms with E-state index < -0.39 is 5.41 Å². The number of allylic oxidation sites excluding steroid dienone is 2. The van der Waals surface area contributed by atoms with Crippen molar-refractivity contribution in [1.29, 1.82) is 21.0 Å². The van der Waals surface area contributed by atoms with Gasteiger partial charge in [0.25, 0.3) is 0 Å². The van der Waals surface area contributed by atoms with Gasteiger partial charge < -0.3 is 9.80 Å². The Balaban J connectivity index is 1.57. The van der Waals surface area contributed by atoms with Crippen molar-refractivity contribution < 1.29 is 0 Å². The van der Waals surface area contributed by atoms with E-state index in [9.17, 15) is 21.0 Å². The van der Waals surface area contributed by atoms with E-state index in [1.54, 1.807) is 12.2 Å². The lowest BCUT2D eigenvalue weighted by Crippen LogP contribution is -2.42. The predicted octanol–water partition coefficient (Wildman–Crippen LogP) is 10.5. The van der Waals surface area contributed by atoms with Crippen LogP contribution in [0.3, 0.4) is 0 Å². The fourth-order valence-electron chi connectivity index (χ4n) is 7.60. The van der Waals surface area contributed by atoms with Crippen molar-refractivity contribution in [3.05, 3.63) is 190 Å². The van der Waals surface area contributed by atoms with Gasteiger partial charge in [-0.25, -0.2) is 0 Å². The molecule has 6 nitrogen and oxygen atoms in total. The summed E-state index contributed by atoms with van der Waals surface area (Å²) in [6.07, 6.45) is 3.25. The molecule has 0 aromatic heterocycles. The Morgan fingerprint density at radius 2 is 0.765 bits per heavy atom. The molecule has 0 bridgehead atoms. The molecule has 0 amide bonds. The van der Waals surface area contributed by atoms with Crippen LogP contribution in [0.5, 0.6) is 0 Å². The molecule has 2 heterocycles. The molecule has 1 spiro atoms. The van der Waals surface area contributed by atoms with E-state index in [2.05, 4.69) is 94.7 Å². The zero-order valence-corrected chi connectivity index (χ0v) is 27.2. The number of para-hydroxylation sites is 4. The Morgan fingerprint density at radius 1 is 0.412 bits per heavy atom. The Labute approximate surface area is 296 Å². The third kappa shape index (κ3) is 4.76. The van der Waals surface area contributed by atoms with Crippen molar-refractivity contribution in [1.82, 2.24) is 0 Å². The van der Waals surface area contributed by atoms with Gasteiger partial charge >= 0.3 is 0 Å². The number of hydrogen-bond donors (Lipinski definition) is 0. The summed E-state index contributed by atoms with van der Waals surface area (Å²) in [5.74, 6) is 0. The maximum absolute atomic E-state index is 9.72. The average Bonchev–Trinajstić information content (AvgIpc) is 3.19. The summed E-state index contributed by atoms with van der Waals surface area (Å²) in [6, 6.07) is 57.6. The standard InChI is InChI=1S/C45H26N6/c46-27-33(28-47)23-31-19-21-43-39(25-31)45(37-15-7-9-17-41(37)50(43)35-11-3-1-4-12-35)38-16-8-10-18-42(38)51(36-13-5-2-6-14-36)44-22-20-32(26-40(44)45)24-34(29-48)30-49/h1-26H. The molecule has 51 heavy (non-hydrogen) atoms. The van der Waals surface area contributed by atoms with Gasteiger partial charge in [0.2, 0.25) is 0 Å². The molecule has 0 N–H and O–H groups in total. The first kappa shape index (κ1) is 30.7. The Morgan fingerprint density at radius 3 is 1.16 bits per heavy atom. The number of benzene rings is 6.